The van der Waals surface area contributed by atoms with Gasteiger partial charge in [0, 0.05) is 17.3 Å². The summed E-state index contributed by atoms with van der Waals surface area (Å²) in [5.74, 6) is 0.672. The molecular weight excluding hydrogens is 234 g/mol. The fraction of sp³-hybridized carbons (Fsp3) is 0.556. The number of halogens is 1. The van der Waals surface area contributed by atoms with Crippen LogP contribution in [0, 0.1) is 0 Å². The summed E-state index contributed by atoms with van der Waals surface area (Å²) >= 11 is 5.32. The van der Waals surface area contributed by atoms with Crippen molar-refractivity contribution in [2.24, 2.45) is 0 Å². The first-order chi connectivity index (χ1) is 5.77. The highest BCUT2D eigenvalue weighted by Crippen LogP contribution is 2.29. The van der Waals surface area contributed by atoms with E-state index in [0.29, 0.717) is 5.92 Å². The van der Waals surface area contributed by atoms with Crippen molar-refractivity contribution in [2.75, 3.05) is 13.6 Å². The van der Waals surface area contributed by atoms with Gasteiger partial charge in [-0.3, -0.25) is 0 Å². The number of nitrogens with one attached hydrogen (secondary N) is 1. The molecule has 68 valence electrons. The minimum Gasteiger partial charge on any atom is -0.319 e. The number of likely N-dealkylation sites (N-methyl/N-ethyl adjacent to an activating group) is 1. The van der Waals surface area contributed by atoms with E-state index in [4.69, 9.17) is 0 Å². The third-order valence-corrected chi connectivity index (χ3v) is 3.73. The van der Waals surface area contributed by atoms with Gasteiger partial charge in [0.25, 0.3) is 0 Å². The van der Waals surface area contributed by atoms with E-state index >= 15 is 0 Å². The van der Waals surface area contributed by atoms with Gasteiger partial charge in [0.15, 0.2) is 0 Å². The Kier molecular flexibility index (Phi) is 4.26. The largest absolute Gasteiger partial charge is 0.319 e. The molecule has 0 aliphatic carbocycles. The van der Waals surface area contributed by atoms with Gasteiger partial charge >= 0.3 is 0 Å². The standard InChI is InChI=1S/C9H14BrNS/c1-3-7(6-11-2)8-4-5-9(10)12-8/h4-5,7,11H,3,6H2,1-2H3. The van der Waals surface area contributed by atoms with Crippen LogP contribution in [0.3, 0.4) is 0 Å². The van der Waals surface area contributed by atoms with Crippen molar-refractivity contribution >= 4 is 27.3 Å². The summed E-state index contributed by atoms with van der Waals surface area (Å²) in [6.45, 7) is 3.30. The van der Waals surface area contributed by atoms with Crippen LogP contribution in [0.4, 0.5) is 0 Å². The lowest BCUT2D eigenvalue weighted by Gasteiger charge is -2.11. The smallest absolute Gasteiger partial charge is 0.0701 e. The molecule has 0 spiro atoms. The van der Waals surface area contributed by atoms with E-state index in [-0.39, 0.29) is 0 Å². The van der Waals surface area contributed by atoms with Crippen molar-refractivity contribution < 1.29 is 0 Å². The molecule has 0 saturated carbocycles. The zero-order chi connectivity index (χ0) is 8.97. The van der Waals surface area contributed by atoms with E-state index in [1.807, 2.05) is 18.4 Å². The highest BCUT2D eigenvalue weighted by atomic mass is 79.9. The lowest BCUT2D eigenvalue weighted by Crippen LogP contribution is -2.15. The van der Waals surface area contributed by atoms with Crippen molar-refractivity contribution in [2.45, 2.75) is 19.3 Å². The van der Waals surface area contributed by atoms with Crippen LogP contribution < -0.4 is 5.32 Å². The van der Waals surface area contributed by atoms with Crippen molar-refractivity contribution in [1.29, 1.82) is 0 Å². The second-order valence-electron chi connectivity index (χ2n) is 2.80. The molecule has 1 nitrogen and oxygen atoms in total. The molecule has 0 aliphatic rings. The van der Waals surface area contributed by atoms with E-state index in [1.165, 1.54) is 15.1 Å². The molecule has 0 radical (unpaired) electrons. The average molecular weight is 248 g/mol. The molecule has 12 heavy (non-hydrogen) atoms. The van der Waals surface area contributed by atoms with Crippen molar-refractivity contribution in [3.8, 4) is 0 Å². The average Bonchev–Trinajstić information content (AvgIpc) is 2.47. The first-order valence-corrected chi connectivity index (χ1v) is 5.78. The van der Waals surface area contributed by atoms with Crippen LogP contribution in [-0.2, 0) is 0 Å². The van der Waals surface area contributed by atoms with E-state index in [9.17, 15) is 0 Å². The van der Waals surface area contributed by atoms with Crippen LogP contribution >= 0.6 is 27.3 Å². The quantitative estimate of drug-likeness (QED) is 0.862. The van der Waals surface area contributed by atoms with Gasteiger partial charge in [0.05, 0.1) is 3.79 Å². The molecule has 1 aromatic heterocycles. The van der Waals surface area contributed by atoms with E-state index < -0.39 is 0 Å². The molecule has 1 atom stereocenters. The molecular formula is C9H14BrNS. The van der Waals surface area contributed by atoms with Gasteiger partial charge in [-0.15, -0.1) is 11.3 Å². The molecule has 1 aromatic rings. The molecule has 3 heteroatoms. The third kappa shape index (κ3) is 2.57. The maximum Gasteiger partial charge on any atom is 0.0701 e. The Labute approximate surface area is 86.3 Å². The van der Waals surface area contributed by atoms with Gasteiger partial charge in [-0.05, 0) is 41.5 Å². The fourth-order valence-electron chi connectivity index (χ4n) is 1.24. The van der Waals surface area contributed by atoms with Crippen molar-refractivity contribution in [1.82, 2.24) is 5.32 Å². The molecule has 1 heterocycles. The maximum absolute atomic E-state index is 3.48. The fourth-order valence-corrected chi connectivity index (χ4v) is 2.85. The molecule has 1 rings (SSSR count). The Hall–Kier alpha value is 0.140. The summed E-state index contributed by atoms with van der Waals surface area (Å²) in [4.78, 5) is 1.47. The number of rotatable bonds is 4. The Balaban J connectivity index is 2.66. The first kappa shape index (κ1) is 10.2. The normalized spacial score (nSPS) is 13.2. The Morgan fingerprint density at radius 1 is 1.58 bits per heavy atom. The second-order valence-corrected chi connectivity index (χ2v) is 5.30. The molecule has 1 unspecified atom stereocenters. The van der Waals surface area contributed by atoms with Gasteiger partial charge in [-0.2, -0.15) is 0 Å². The summed E-state index contributed by atoms with van der Waals surface area (Å²) in [7, 11) is 2.01. The van der Waals surface area contributed by atoms with Gasteiger partial charge in [0.2, 0.25) is 0 Å². The van der Waals surface area contributed by atoms with Gasteiger partial charge in [0.1, 0.15) is 0 Å². The number of thiophene rings is 1. The maximum atomic E-state index is 3.48. The van der Waals surface area contributed by atoms with Crippen molar-refractivity contribution in [3.05, 3.63) is 20.8 Å². The van der Waals surface area contributed by atoms with Gasteiger partial charge in [-0.1, -0.05) is 6.92 Å². The molecule has 1 N–H and O–H groups in total. The van der Waals surface area contributed by atoms with Crippen LogP contribution in [-0.4, -0.2) is 13.6 Å². The van der Waals surface area contributed by atoms with E-state index in [2.05, 4.69) is 40.3 Å². The second kappa shape index (κ2) is 5.00. The molecule has 0 amide bonds. The topological polar surface area (TPSA) is 12.0 Å². The number of hydrogen-bond donors (Lipinski definition) is 1. The zero-order valence-electron chi connectivity index (χ0n) is 7.43. The Morgan fingerprint density at radius 2 is 2.33 bits per heavy atom. The summed E-state index contributed by atoms with van der Waals surface area (Å²) in [6.07, 6.45) is 1.20. The Morgan fingerprint density at radius 3 is 2.75 bits per heavy atom. The van der Waals surface area contributed by atoms with E-state index in [1.54, 1.807) is 0 Å². The molecule has 0 bridgehead atoms. The number of hydrogen-bond acceptors (Lipinski definition) is 2. The predicted octanol–water partition coefficient (Wildman–Crippen LogP) is 3.22. The SMILES string of the molecule is CCC(CNC)c1ccc(Br)s1. The first-order valence-electron chi connectivity index (χ1n) is 4.17. The van der Waals surface area contributed by atoms with Crippen LogP contribution in [0.5, 0.6) is 0 Å². The van der Waals surface area contributed by atoms with Gasteiger partial charge in [-0.25, -0.2) is 0 Å². The summed E-state index contributed by atoms with van der Waals surface area (Å²) in [5.41, 5.74) is 0. The van der Waals surface area contributed by atoms with Crippen LogP contribution in [0.25, 0.3) is 0 Å². The highest BCUT2D eigenvalue weighted by molar-refractivity contribution is 9.11. The Bertz CT molecular complexity index is 234. The summed E-state index contributed by atoms with van der Waals surface area (Å²) < 4.78 is 1.23. The monoisotopic (exact) mass is 247 g/mol. The molecule has 0 fully saturated rings. The van der Waals surface area contributed by atoms with Crippen LogP contribution in [0.1, 0.15) is 24.1 Å². The zero-order valence-corrected chi connectivity index (χ0v) is 9.83. The van der Waals surface area contributed by atoms with Crippen LogP contribution in [0.15, 0.2) is 15.9 Å². The minimum atomic E-state index is 0.672. The van der Waals surface area contributed by atoms with Crippen molar-refractivity contribution in [3.63, 3.8) is 0 Å². The minimum absolute atomic E-state index is 0.672. The predicted molar refractivity (Wildman–Crippen MR) is 59.0 cm³/mol. The lowest BCUT2D eigenvalue weighted by atomic mass is 10.1. The summed E-state index contributed by atoms with van der Waals surface area (Å²) in [5, 5.41) is 3.22. The molecule has 0 aromatic carbocycles. The third-order valence-electron chi connectivity index (χ3n) is 1.94. The molecule has 0 saturated heterocycles. The molecule has 0 aliphatic heterocycles. The lowest BCUT2D eigenvalue weighted by molar-refractivity contribution is 0.620. The summed E-state index contributed by atoms with van der Waals surface area (Å²) in [6, 6.07) is 4.33. The van der Waals surface area contributed by atoms with E-state index in [0.717, 1.165) is 6.54 Å². The van der Waals surface area contributed by atoms with Gasteiger partial charge < -0.3 is 5.32 Å². The van der Waals surface area contributed by atoms with Crippen LogP contribution in [0.2, 0.25) is 0 Å². The highest BCUT2D eigenvalue weighted by Gasteiger charge is 2.09.